The highest BCUT2D eigenvalue weighted by atomic mass is 16.5. The molecule has 2 rings (SSSR count). The van der Waals surface area contributed by atoms with Gasteiger partial charge in [0.05, 0.1) is 5.39 Å². The van der Waals surface area contributed by atoms with Crippen LogP contribution in [0.5, 0.6) is 5.75 Å². The molecule has 0 unspecified atom stereocenters. The molecular formula is C12H14N2O3. The van der Waals surface area contributed by atoms with Gasteiger partial charge < -0.3 is 20.1 Å². The molecule has 0 fully saturated rings. The second-order valence-corrected chi connectivity index (χ2v) is 3.79. The van der Waals surface area contributed by atoms with E-state index in [2.05, 4.69) is 5.16 Å². The Labute approximate surface area is 98.5 Å². The molecule has 0 radical (unpaired) electrons. The van der Waals surface area contributed by atoms with Gasteiger partial charge in [0.25, 0.3) is 0 Å². The first-order chi connectivity index (χ1) is 8.13. The molecule has 0 aliphatic rings. The molecule has 0 bridgehead atoms. The summed E-state index contributed by atoms with van der Waals surface area (Å²) < 4.78 is 11.1. The molecule has 1 aromatic carbocycles. The number of ether oxygens (including phenoxy) is 1. The maximum Gasteiger partial charge on any atom is 0.177 e. The number of oxime groups is 1. The van der Waals surface area contributed by atoms with Gasteiger partial charge in [-0.25, -0.2) is 0 Å². The molecule has 5 heteroatoms. The van der Waals surface area contributed by atoms with E-state index in [1.54, 1.807) is 0 Å². The topological polar surface area (TPSA) is 81.0 Å². The molecule has 1 aromatic heterocycles. The minimum absolute atomic E-state index is 0.0277. The van der Waals surface area contributed by atoms with Gasteiger partial charge in [-0.3, -0.25) is 0 Å². The Morgan fingerprint density at radius 2 is 2.24 bits per heavy atom. The summed E-state index contributed by atoms with van der Waals surface area (Å²) in [4.78, 5) is 0. The van der Waals surface area contributed by atoms with Gasteiger partial charge in [0.15, 0.2) is 5.84 Å². The van der Waals surface area contributed by atoms with Crippen molar-refractivity contribution in [3.8, 4) is 5.75 Å². The molecule has 0 aliphatic carbocycles. The summed E-state index contributed by atoms with van der Waals surface area (Å²) in [5.41, 5.74) is 7.17. The van der Waals surface area contributed by atoms with Crippen LogP contribution >= 0.6 is 0 Å². The first-order valence-electron chi connectivity index (χ1n) is 5.21. The smallest absolute Gasteiger partial charge is 0.177 e. The van der Waals surface area contributed by atoms with Crippen molar-refractivity contribution in [1.29, 1.82) is 0 Å². The van der Waals surface area contributed by atoms with Gasteiger partial charge in [0, 0.05) is 5.56 Å². The Morgan fingerprint density at radius 1 is 1.47 bits per heavy atom. The molecule has 0 saturated carbocycles. The predicted octanol–water partition coefficient (Wildman–Crippen LogP) is 2.17. The molecule has 3 N–H and O–H groups in total. The standard InChI is InChI=1S/C12H14N2O3/c1-7-8(2)17-10-5-3-4-9(12(7)10)16-6-11(13)14-15/h3-5,15H,6H2,1-2H3,(H2,13,14). The lowest BCUT2D eigenvalue weighted by atomic mass is 10.1. The van der Waals surface area contributed by atoms with E-state index in [0.717, 1.165) is 22.3 Å². The van der Waals surface area contributed by atoms with E-state index in [-0.39, 0.29) is 12.4 Å². The largest absolute Gasteiger partial charge is 0.485 e. The van der Waals surface area contributed by atoms with Crippen LogP contribution in [-0.4, -0.2) is 17.6 Å². The van der Waals surface area contributed by atoms with Crippen LogP contribution in [0.3, 0.4) is 0 Å². The van der Waals surface area contributed by atoms with Gasteiger partial charge in [0.1, 0.15) is 23.7 Å². The summed E-state index contributed by atoms with van der Waals surface area (Å²) >= 11 is 0. The average molecular weight is 234 g/mol. The van der Waals surface area contributed by atoms with Gasteiger partial charge in [-0.1, -0.05) is 11.2 Å². The van der Waals surface area contributed by atoms with Crippen LogP contribution in [0.15, 0.2) is 27.8 Å². The van der Waals surface area contributed by atoms with Crippen molar-refractivity contribution < 1.29 is 14.4 Å². The van der Waals surface area contributed by atoms with Crippen LogP contribution in [0.1, 0.15) is 11.3 Å². The van der Waals surface area contributed by atoms with Gasteiger partial charge in [-0.15, -0.1) is 0 Å². The van der Waals surface area contributed by atoms with E-state index in [1.807, 2.05) is 32.0 Å². The van der Waals surface area contributed by atoms with Crippen LogP contribution in [0, 0.1) is 13.8 Å². The number of hydrogen-bond acceptors (Lipinski definition) is 4. The number of furan rings is 1. The third-order valence-electron chi connectivity index (χ3n) is 2.66. The SMILES string of the molecule is Cc1oc2cccc(OCC(N)=NO)c2c1C. The lowest BCUT2D eigenvalue weighted by Crippen LogP contribution is -2.20. The fourth-order valence-electron chi connectivity index (χ4n) is 1.68. The highest BCUT2D eigenvalue weighted by Gasteiger charge is 2.12. The van der Waals surface area contributed by atoms with E-state index in [0.29, 0.717) is 5.75 Å². The lowest BCUT2D eigenvalue weighted by Gasteiger charge is -2.06. The first kappa shape index (κ1) is 11.3. The Kier molecular flexibility index (Phi) is 2.91. The van der Waals surface area contributed by atoms with Gasteiger partial charge in [0.2, 0.25) is 0 Å². The quantitative estimate of drug-likeness (QED) is 0.369. The zero-order chi connectivity index (χ0) is 12.4. The zero-order valence-corrected chi connectivity index (χ0v) is 9.73. The van der Waals surface area contributed by atoms with Gasteiger partial charge in [-0.05, 0) is 26.0 Å². The van der Waals surface area contributed by atoms with Gasteiger partial charge in [-0.2, -0.15) is 0 Å². The molecule has 0 amide bonds. The van der Waals surface area contributed by atoms with Crippen molar-refractivity contribution in [3.63, 3.8) is 0 Å². The normalized spacial score (nSPS) is 12.0. The highest BCUT2D eigenvalue weighted by molar-refractivity contribution is 5.89. The Hall–Kier alpha value is -2.17. The Balaban J connectivity index is 2.40. The molecule has 2 aromatic rings. The van der Waals surface area contributed by atoms with E-state index >= 15 is 0 Å². The molecule has 0 spiro atoms. The number of benzene rings is 1. The number of aryl methyl sites for hydroxylation is 2. The number of rotatable bonds is 3. The fourth-order valence-corrected chi connectivity index (χ4v) is 1.68. The van der Waals surface area contributed by atoms with Crippen LogP contribution in [0.25, 0.3) is 11.0 Å². The van der Waals surface area contributed by atoms with Crippen molar-refractivity contribution in [3.05, 3.63) is 29.5 Å². The second-order valence-electron chi connectivity index (χ2n) is 3.79. The first-order valence-corrected chi connectivity index (χ1v) is 5.21. The molecule has 0 atom stereocenters. The maximum absolute atomic E-state index is 8.45. The van der Waals surface area contributed by atoms with E-state index in [4.69, 9.17) is 20.1 Å². The minimum atomic E-state index is 0.0277. The second kappa shape index (κ2) is 4.37. The van der Waals surface area contributed by atoms with Crippen molar-refractivity contribution in [1.82, 2.24) is 0 Å². The molecule has 0 saturated heterocycles. The van der Waals surface area contributed by atoms with Crippen molar-refractivity contribution in [2.75, 3.05) is 6.61 Å². The molecule has 17 heavy (non-hydrogen) atoms. The predicted molar refractivity (Wildman–Crippen MR) is 64.6 cm³/mol. The number of amidine groups is 1. The van der Waals surface area contributed by atoms with Crippen LogP contribution in [-0.2, 0) is 0 Å². The number of hydrogen-bond donors (Lipinski definition) is 2. The van der Waals surface area contributed by atoms with Crippen LogP contribution in [0.4, 0.5) is 0 Å². The van der Waals surface area contributed by atoms with E-state index < -0.39 is 0 Å². The zero-order valence-electron chi connectivity index (χ0n) is 9.73. The maximum atomic E-state index is 8.45. The van der Waals surface area contributed by atoms with Crippen LogP contribution < -0.4 is 10.5 Å². The third kappa shape index (κ3) is 2.04. The van der Waals surface area contributed by atoms with Crippen molar-refractivity contribution in [2.45, 2.75) is 13.8 Å². The summed E-state index contributed by atoms with van der Waals surface area (Å²) in [6, 6.07) is 5.55. The summed E-state index contributed by atoms with van der Waals surface area (Å²) in [5, 5.41) is 12.2. The average Bonchev–Trinajstić information content (AvgIpc) is 2.63. The van der Waals surface area contributed by atoms with Crippen molar-refractivity contribution >= 4 is 16.8 Å². The fraction of sp³-hybridized carbons (Fsp3) is 0.250. The molecular weight excluding hydrogens is 220 g/mol. The van der Waals surface area contributed by atoms with E-state index in [9.17, 15) is 0 Å². The van der Waals surface area contributed by atoms with Crippen molar-refractivity contribution in [2.24, 2.45) is 10.9 Å². The summed E-state index contributed by atoms with van der Waals surface area (Å²) in [6.07, 6.45) is 0. The summed E-state index contributed by atoms with van der Waals surface area (Å²) in [7, 11) is 0. The number of fused-ring (bicyclic) bond motifs is 1. The lowest BCUT2D eigenvalue weighted by molar-refractivity contribution is 0.307. The summed E-state index contributed by atoms with van der Waals surface area (Å²) in [6.45, 7) is 3.92. The summed E-state index contributed by atoms with van der Waals surface area (Å²) in [5.74, 6) is 1.56. The Morgan fingerprint density at radius 3 is 2.94 bits per heavy atom. The molecule has 5 nitrogen and oxygen atoms in total. The number of nitrogens with zero attached hydrogens (tertiary/aromatic N) is 1. The minimum Gasteiger partial charge on any atom is -0.485 e. The number of nitrogens with two attached hydrogens (primary N) is 1. The Bertz CT molecular complexity index is 572. The molecule has 90 valence electrons. The molecule has 1 heterocycles. The third-order valence-corrected chi connectivity index (χ3v) is 2.66. The monoisotopic (exact) mass is 234 g/mol. The van der Waals surface area contributed by atoms with Crippen LogP contribution in [0.2, 0.25) is 0 Å². The highest BCUT2D eigenvalue weighted by Crippen LogP contribution is 2.32. The van der Waals surface area contributed by atoms with E-state index in [1.165, 1.54) is 0 Å². The molecule has 0 aliphatic heterocycles. The van der Waals surface area contributed by atoms with Gasteiger partial charge >= 0.3 is 0 Å².